The number of alkyl halides is 6. The number of hydrogen-bond donors (Lipinski definition) is 2. The van der Waals surface area contributed by atoms with Gasteiger partial charge in [0.2, 0.25) is 0 Å². The fraction of sp³-hybridized carbons (Fsp3) is 0.462. The van der Waals surface area contributed by atoms with Gasteiger partial charge < -0.3 is 20.5 Å². The molecule has 0 unspecified atom stereocenters. The quantitative estimate of drug-likeness (QED) is 0.339. The summed E-state index contributed by atoms with van der Waals surface area (Å²) < 4.78 is 80.4. The van der Waals surface area contributed by atoms with Gasteiger partial charge in [-0.1, -0.05) is 12.1 Å². The molecular formula is C13H15F6N3O2. The van der Waals surface area contributed by atoms with Gasteiger partial charge in [-0.2, -0.15) is 13.2 Å². The van der Waals surface area contributed by atoms with Crippen LogP contribution in [-0.4, -0.2) is 38.3 Å². The number of benzene rings is 1. The number of nitrogens with one attached hydrogen (secondary N) is 1. The molecule has 0 aliphatic rings. The molecule has 0 atom stereocenters. The largest absolute Gasteiger partial charge is 0.573 e. The first-order valence-electron chi connectivity index (χ1n) is 6.63. The highest BCUT2D eigenvalue weighted by molar-refractivity contribution is 5.93. The number of nitrogens with two attached hydrogens (primary N) is 1. The summed E-state index contributed by atoms with van der Waals surface area (Å²) in [6, 6.07) is 5.20. The van der Waals surface area contributed by atoms with Crippen molar-refractivity contribution in [1.29, 1.82) is 0 Å². The van der Waals surface area contributed by atoms with Gasteiger partial charge in [0.25, 0.3) is 0 Å². The number of nitrogens with zero attached hydrogens (tertiary/aromatic N) is 1. The third-order valence-corrected chi connectivity index (χ3v) is 2.37. The minimum absolute atomic E-state index is 0.0407. The predicted molar refractivity (Wildman–Crippen MR) is 74.7 cm³/mol. The Kier molecular flexibility index (Phi) is 7.14. The SMILES string of the molecule is NC(=NCCCOCC(F)(F)F)Nc1ccccc1OC(F)(F)F. The molecule has 5 nitrogen and oxygen atoms in total. The molecular weight excluding hydrogens is 344 g/mol. The number of anilines is 1. The second kappa shape index (κ2) is 8.62. The van der Waals surface area contributed by atoms with Gasteiger partial charge in [-0.25, -0.2) is 0 Å². The standard InChI is InChI=1S/C13H15F6N3O2/c14-12(15,16)8-23-7-3-6-21-11(20)22-9-4-1-2-5-10(9)24-13(17,18)19/h1-2,4-5H,3,6-8H2,(H3,20,21,22). The Labute approximate surface area is 133 Å². The Balaban J connectivity index is 2.46. The monoisotopic (exact) mass is 359 g/mol. The third-order valence-electron chi connectivity index (χ3n) is 2.37. The molecule has 0 heterocycles. The van der Waals surface area contributed by atoms with Gasteiger partial charge in [-0.05, 0) is 18.6 Å². The van der Waals surface area contributed by atoms with Crippen molar-refractivity contribution in [2.24, 2.45) is 10.7 Å². The van der Waals surface area contributed by atoms with E-state index in [1.165, 1.54) is 18.2 Å². The highest BCUT2D eigenvalue weighted by atomic mass is 19.4. The van der Waals surface area contributed by atoms with Crippen molar-refractivity contribution in [3.8, 4) is 5.75 Å². The lowest BCUT2D eigenvalue weighted by Crippen LogP contribution is -2.25. The predicted octanol–water partition coefficient (Wildman–Crippen LogP) is 3.28. The topological polar surface area (TPSA) is 68.9 Å². The van der Waals surface area contributed by atoms with Crippen molar-refractivity contribution in [2.75, 3.05) is 25.1 Å². The molecule has 0 amide bonds. The zero-order valence-corrected chi connectivity index (χ0v) is 12.2. The van der Waals surface area contributed by atoms with E-state index in [-0.39, 0.29) is 31.2 Å². The van der Waals surface area contributed by atoms with Gasteiger partial charge in [0.1, 0.15) is 6.61 Å². The van der Waals surface area contributed by atoms with Crippen molar-refractivity contribution in [1.82, 2.24) is 0 Å². The smallest absolute Gasteiger partial charge is 0.404 e. The Hall–Kier alpha value is -2.17. The van der Waals surface area contributed by atoms with Crippen LogP contribution in [0.2, 0.25) is 0 Å². The van der Waals surface area contributed by atoms with E-state index < -0.39 is 24.9 Å². The zero-order valence-electron chi connectivity index (χ0n) is 12.2. The van der Waals surface area contributed by atoms with Gasteiger partial charge in [0.05, 0.1) is 5.69 Å². The summed E-state index contributed by atoms with van der Waals surface area (Å²) in [5.41, 5.74) is 5.45. The van der Waals surface area contributed by atoms with Crippen LogP contribution >= 0.6 is 0 Å². The minimum Gasteiger partial charge on any atom is -0.404 e. The Morgan fingerprint density at radius 2 is 1.79 bits per heavy atom. The lowest BCUT2D eigenvalue weighted by Gasteiger charge is -2.14. The van der Waals surface area contributed by atoms with Crippen molar-refractivity contribution < 1.29 is 35.8 Å². The number of para-hydroxylation sites is 2. The highest BCUT2D eigenvalue weighted by Gasteiger charge is 2.32. The Bertz CT molecular complexity index is 545. The molecule has 0 saturated heterocycles. The molecule has 0 radical (unpaired) electrons. The van der Waals surface area contributed by atoms with Gasteiger partial charge in [-0.15, -0.1) is 13.2 Å². The summed E-state index contributed by atoms with van der Waals surface area (Å²) in [5.74, 6) is -0.694. The van der Waals surface area contributed by atoms with Crippen molar-refractivity contribution in [3.63, 3.8) is 0 Å². The Morgan fingerprint density at radius 3 is 2.42 bits per heavy atom. The van der Waals surface area contributed by atoms with Gasteiger partial charge in [-0.3, -0.25) is 4.99 Å². The van der Waals surface area contributed by atoms with E-state index in [1.54, 1.807) is 0 Å². The van der Waals surface area contributed by atoms with Gasteiger partial charge in [0, 0.05) is 13.2 Å². The van der Waals surface area contributed by atoms with Crippen LogP contribution in [0.5, 0.6) is 5.75 Å². The van der Waals surface area contributed by atoms with Crippen molar-refractivity contribution >= 4 is 11.6 Å². The Morgan fingerprint density at radius 1 is 1.12 bits per heavy atom. The van der Waals surface area contributed by atoms with E-state index >= 15 is 0 Å². The van der Waals surface area contributed by atoms with Crippen molar-refractivity contribution in [2.45, 2.75) is 19.0 Å². The summed E-state index contributed by atoms with van der Waals surface area (Å²) in [6.45, 7) is -1.49. The van der Waals surface area contributed by atoms with Crippen molar-refractivity contribution in [3.05, 3.63) is 24.3 Å². The maximum Gasteiger partial charge on any atom is 0.573 e. The summed E-state index contributed by atoms with van der Waals surface area (Å²) in [6.07, 6.45) is -9.09. The molecule has 0 fully saturated rings. The summed E-state index contributed by atoms with van der Waals surface area (Å²) in [7, 11) is 0. The van der Waals surface area contributed by atoms with Crippen LogP contribution in [0.3, 0.4) is 0 Å². The molecule has 0 bridgehead atoms. The van der Waals surface area contributed by atoms with E-state index in [9.17, 15) is 26.3 Å². The molecule has 0 aromatic heterocycles. The van der Waals surface area contributed by atoms with Crippen LogP contribution in [0.25, 0.3) is 0 Å². The molecule has 0 aliphatic carbocycles. The summed E-state index contributed by atoms with van der Waals surface area (Å²) >= 11 is 0. The molecule has 11 heteroatoms. The van der Waals surface area contributed by atoms with E-state index in [0.29, 0.717) is 0 Å². The second-order valence-corrected chi connectivity index (χ2v) is 4.46. The molecule has 1 rings (SSSR count). The van der Waals surface area contributed by atoms with Crippen LogP contribution in [-0.2, 0) is 4.74 Å². The van der Waals surface area contributed by atoms with Gasteiger partial charge >= 0.3 is 12.5 Å². The maximum atomic E-state index is 12.3. The molecule has 3 N–H and O–H groups in total. The molecule has 1 aromatic carbocycles. The second-order valence-electron chi connectivity index (χ2n) is 4.46. The fourth-order valence-electron chi connectivity index (χ4n) is 1.52. The molecule has 1 aromatic rings. The zero-order chi connectivity index (χ0) is 18.2. The fourth-order valence-corrected chi connectivity index (χ4v) is 1.52. The average molecular weight is 359 g/mol. The lowest BCUT2D eigenvalue weighted by molar-refractivity contribution is -0.274. The van der Waals surface area contributed by atoms with E-state index in [2.05, 4.69) is 19.8 Å². The summed E-state index contributed by atoms with van der Waals surface area (Å²) in [5, 5.41) is 2.43. The first-order valence-corrected chi connectivity index (χ1v) is 6.63. The first kappa shape index (κ1) is 19.9. The average Bonchev–Trinajstić information content (AvgIpc) is 2.42. The van der Waals surface area contributed by atoms with E-state index in [0.717, 1.165) is 6.07 Å². The highest BCUT2D eigenvalue weighted by Crippen LogP contribution is 2.29. The van der Waals surface area contributed by atoms with Crippen LogP contribution in [0.15, 0.2) is 29.3 Å². The molecule has 136 valence electrons. The molecule has 0 aliphatic heterocycles. The molecule has 24 heavy (non-hydrogen) atoms. The van der Waals surface area contributed by atoms with Gasteiger partial charge in [0.15, 0.2) is 11.7 Å². The van der Waals surface area contributed by atoms with Crippen LogP contribution in [0.1, 0.15) is 6.42 Å². The number of halogens is 6. The third kappa shape index (κ3) is 9.08. The van der Waals surface area contributed by atoms with Crippen LogP contribution < -0.4 is 15.8 Å². The molecule has 0 spiro atoms. The molecule has 0 saturated carbocycles. The van der Waals surface area contributed by atoms with E-state index in [1.807, 2.05) is 0 Å². The number of rotatable bonds is 7. The minimum atomic E-state index is -4.86. The summed E-state index contributed by atoms with van der Waals surface area (Å²) in [4.78, 5) is 3.78. The normalized spacial score (nSPS) is 13.0. The van der Waals surface area contributed by atoms with E-state index in [4.69, 9.17) is 5.73 Å². The lowest BCUT2D eigenvalue weighted by atomic mass is 10.3. The maximum absolute atomic E-state index is 12.3. The van der Waals surface area contributed by atoms with Crippen LogP contribution in [0.4, 0.5) is 32.0 Å². The number of guanidine groups is 1. The van der Waals surface area contributed by atoms with Crippen LogP contribution in [0, 0.1) is 0 Å². The number of ether oxygens (including phenoxy) is 2. The number of hydrogen-bond acceptors (Lipinski definition) is 3. The first-order chi connectivity index (χ1) is 11.1. The number of aliphatic imine (C=N–C) groups is 1.